The number of nitrogens with zero attached hydrogens (tertiary/aromatic N) is 1. The van der Waals surface area contributed by atoms with Crippen molar-refractivity contribution in [3.8, 4) is 0 Å². The molecule has 2 unspecified atom stereocenters. The van der Waals surface area contributed by atoms with Gasteiger partial charge in [0.1, 0.15) is 17.6 Å². The van der Waals surface area contributed by atoms with Crippen LogP contribution in [0.3, 0.4) is 0 Å². The Labute approximate surface area is 125 Å². The van der Waals surface area contributed by atoms with Crippen molar-refractivity contribution in [3.63, 3.8) is 0 Å². The van der Waals surface area contributed by atoms with Gasteiger partial charge < -0.3 is 14.6 Å². The molecule has 0 aliphatic carbocycles. The van der Waals surface area contributed by atoms with Crippen LogP contribution in [0.25, 0.3) is 0 Å². The first-order valence-electron chi connectivity index (χ1n) is 7.36. The van der Waals surface area contributed by atoms with E-state index < -0.39 is 6.04 Å². The summed E-state index contributed by atoms with van der Waals surface area (Å²) in [5, 5.41) is 2.85. The van der Waals surface area contributed by atoms with Gasteiger partial charge in [-0.1, -0.05) is 20.8 Å². The second kappa shape index (κ2) is 5.54. The minimum Gasteiger partial charge on any atom is -0.464 e. The minimum atomic E-state index is -0.508. The molecular weight excluding hydrogens is 268 g/mol. The number of amides is 2. The Hall–Kier alpha value is -1.78. The van der Waals surface area contributed by atoms with E-state index in [1.54, 1.807) is 4.90 Å². The minimum absolute atomic E-state index is 0.0464. The molecule has 0 bridgehead atoms. The van der Waals surface area contributed by atoms with Gasteiger partial charge in [-0.3, -0.25) is 9.59 Å². The Morgan fingerprint density at radius 2 is 2.00 bits per heavy atom. The molecule has 21 heavy (non-hydrogen) atoms. The fourth-order valence-electron chi connectivity index (χ4n) is 2.60. The molecule has 2 heterocycles. The largest absolute Gasteiger partial charge is 0.464 e. The first kappa shape index (κ1) is 15.6. The van der Waals surface area contributed by atoms with Crippen molar-refractivity contribution in [1.29, 1.82) is 0 Å². The fourth-order valence-corrected chi connectivity index (χ4v) is 2.60. The van der Waals surface area contributed by atoms with E-state index in [2.05, 4.69) is 5.32 Å². The lowest BCUT2D eigenvalue weighted by Crippen LogP contribution is -2.52. The summed E-state index contributed by atoms with van der Waals surface area (Å²) in [5.74, 6) is 1.45. The maximum absolute atomic E-state index is 12.8. The maximum Gasteiger partial charge on any atom is 0.246 e. The molecule has 0 aromatic carbocycles. The molecule has 1 N–H and O–H groups in total. The lowest BCUT2D eigenvalue weighted by Gasteiger charge is -2.34. The monoisotopic (exact) mass is 292 g/mol. The van der Waals surface area contributed by atoms with Crippen LogP contribution in [-0.2, 0) is 9.59 Å². The van der Waals surface area contributed by atoms with Crippen LogP contribution in [0.15, 0.2) is 16.5 Å². The summed E-state index contributed by atoms with van der Waals surface area (Å²) in [5.41, 5.74) is -0.325. The highest BCUT2D eigenvalue weighted by Crippen LogP contribution is 2.29. The van der Waals surface area contributed by atoms with Crippen molar-refractivity contribution >= 4 is 11.8 Å². The molecule has 2 atom stereocenters. The SMILES string of the molecule is Cc1ccc(C(C)N2CCC(=O)NC(C(C)(C)C)C2=O)o1. The van der Waals surface area contributed by atoms with Crippen LogP contribution in [-0.4, -0.2) is 29.3 Å². The normalized spacial score (nSPS) is 22.0. The van der Waals surface area contributed by atoms with Gasteiger partial charge in [0.25, 0.3) is 0 Å². The number of furan rings is 1. The van der Waals surface area contributed by atoms with Crippen molar-refractivity contribution in [2.24, 2.45) is 5.41 Å². The standard InChI is InChI=1S/C16H24N2O3/c1-10-6-7-12(21-10)11(2)18-9-8-13(19)17-14(15(18)20)16(3,4)5/h6-7,11,14H,8-9H2,1-5H3,(H,17,19). The number of carbonyl (C=O) groups is 2. The molecule has 0 radical (unpaired) electrons. The number of aryl methyl sites for hydroxylation is 1. The molecule has 1 aliphatic heterocycles. The Bertz CT molecular complexity index is 542. The number of hydrogen-bond donors (Lipinski definition) is 1. The summed E-state index contributed by atoms with van der Waals surface area (Å²) in [7, 11) is 0. The summed E-state index contributed by atoms with van der Waals surface area (Å²) in [4.78, 5) is 26.5. The zero-order chi connectivity index (χ0) is 15.8. The molecule has 0 spiro atoms. The van der Waals surface area contributed by atoms with Crippen molar-refractivity contribution in [1.82, 2.24) is 10.2 Å². The predicted molar refractivity (Wildman–Crippen MR) is 79.6 cm³/mol. The molecule has 1 fully saturated rings. The first-order chi connectivity index (χ1) is 9.70. The molecule has 116 valence electrons. The van der Waals surface area contributed by atoms with E-state index in [1.807, 2.05) is 46.8 Å². The van der Waals surface area contributed by atoms with Crippen molar-refractivity contribution in [3.05, 3.63) is 23.7 Å². The molecule has 1 aromatic heterocycles. The Balaban J connectivity index is 2.29. The summed E-state index contributed by atoms with van der Waals surface area (Å²) in [6.07, 6.45) is 0.322. The number of rotatable bonds is 2. The van der Waals surface area contributed by atoms with Crippen LogP contribution in [0.5, 0.6) is 0 Å². The second-order valence-electron chi connectivity index (χ2n) is 6.77. The molecule has 1 aromatic rings. The Morgan fingerprint density at radius 3 is 2.52 bits per heavy atom. The average molecular weight is 292 g/mol. The highest BCUT2D eigenvalue weighted by molar-refractivity contribution is 5.90. The second-order valence-corrected chi connectivity index (χ2v) is 6.77. The lowest BCUT2D eigenvalue weighted by atomic mass is 9.85. The summed E-state index contributed by atoms with van der Waals surface area (Å²) < 4.78 is 5.64. The van der Waals surface area contributed by atoms with E-state index in [1.165, 1.54) is 0 Å². The predicted octanol–water partition coefficient (Wildman–Crippen LogP) is 2.41. The average Bonchev–Trinajstić information content (AvgIpc) is 2.74. The van der Waals surface area contributed by atoms with Crippen LogP contribution in [0.1, 0.15) is 51.7 Å². The molecule has 1 aliphatic rings. The van der Waals surface area contributed by atoms with E-state index in [-0.39, 0.29) is 23.3 Å². The fraction of sp³-hybridized carbons (Fsp3) is 0.625. The summed E-state index contributed by atoms with van der Waals surface area (Å²) in [6, 6.07) is 3.09. The van der Waals surface area contributed by atoms with E-state index in [0.29, 0.717) is 13.0 Å². The van der Waals surface area contributed by atoms with Crippen LogP contribution in [0.2, 0.25) is 0 Å². The molecule has 2 amide bonds. The van der Waals surface area contributed by atoms with Gasteiger partial charge in [0, 0.05) is 13.0 Å². The Morgan fingerprint density at radius 1 is 1.33 bits per heavy atom. The first-order valence-corrected chi connectivity index (χ1v) is 7.36. The van der Waals surface area contributed by atoms with Crippen molar-refractivity contribution < 1.29 is 14.0 Å². The maximum atomic E-state index is 12.8. The number of hydrogen-bond acceptors (Lipinski definition) is 3. The molecule has 2 rings (SSSR count). The van der Waals surface area contributed by atoms with Gasteiger partial charge in [-0.2, -0.15) is 0 Å². The third-order valence-electron chi connectivity index (χ3n) is 3.92. The van der Waals surface area contributed by atoms with Gasteiger partial charge >= 0.3 is 0 Å². The number of nitrogens with one attached hydrogen (secondary N) is 1. The third-order valence-corrected chi connectivity index (χ3v) is 3.92. The van der Waals surface area contributed by atoms with Gasteiger partial charge in [-0.05, 0) is 31.4 Å². The highest BCUT2D eigenvalue weighted by Gasteiger charge is 2.39. The summed E-state index contributed by atoms with van der Waals surface area (Å²) >= 11 is 0. The molecule has 1 saturated heterocycles. The third kappa shape index (κ3) is 3.28. The Kier molecular flexibility index (Phi) is 4.12. The quantitative estimate of drug-likeness (QED) is 0.910. The molecule has 0 saturated carbocycles. The topological polar surface area (TPSA) is 62.6 Å². The van der Waals surface area contributed by atoms with Crippen LogP contribution in [0, 0.1) is 12.3 Å². The molecule has 5 nitrogen and oxygen atoms in total. The molecular formula is C16H24N2O3. The van der Waals surface area contributed by atoms with Gasteiger partial charge in [-0.25, -0.2) is 0 Å². The van der Waals surface area contributed by atoms with E-state index >= 15 is 0 Å². The zero-order valence-electron chi connectivity index (χ0n) is 13.4. The summed E-state index contributed by atoms with van der Waals surface area (Å²) in [6.45, 7) is 10.1. The van der Waals surface area contributed by atoms with Gasteiger partial charge in [-0.15, -0.1) is 0 Å². The van der Waals surface area contributed by atoms with E-state index in [4.69, 9.17) is 4.42 Å². The smallest absolute Gasteiger partial charge is 0.246 e. The van der Waals surface area contributed by atoms with Crippen LogP contribution < -0.4 is 5.32 Å². The van der Waals surface area contributed by atoms with E-state index in [0.717, 1.165) is 11.5 Å². The van der Waals surface area contributed by atoms with Crippen molar-refractivity contribution in [2.45, 2.75) is 53.1 Å². The zero-order valence-corrected chi connectivity index (χ0v) is 13.4. The van der Waals surface area contributed by atoms with Crippen LogP contribution in [0.4, 0.5) is 0 Å². The number of carbonyl (C=O) groups excluding carboxylic acids is 2. The van der Waals surface area contributed by atoms with Gasteiger partial charge in [0.2, 0.25) is 11.8 Å². The lowest BCUT2D eigenvalue weighted by molar-refractivity contribution is -0.138. The van der Waals surface area contributed by atoms with E-state index in [9.17, 15) is 9.59 Å². The van der Waals surface area contributed by atoms with Crippen LogP contribution >= 0.6 is 0 Å². The highest BCUT2D eigenvalue weighted by atomic mass is 16.3. The van der Waals surface area contributed by atoms with Crippen molar-refractivity contribution in [2.75, 3.05) is 6.54 Å². The molecule has 5 heteroatoms. The van der Waals surface area contributed by atoms with Gasteiger partial charge in [0.15, 0.2) is 0 Å². The van der Waals surface area contributed by atoms with Gasteiger partial charge in [0.05, 0.1) is 6.04 Å².